The van der Waals surface area contributed by atoms with Crippen LogP contribution < -0.4 is 11.1 Å². The van der Waals surface area contributed by atoms with Gasteiger partial charge in [-0.05, 0) is 0 Å². The van der Waals surface area contributed by atoms with Gasteiger partial charge in [0.1, 0.15) is 0 Å². The van der Waals surface area contributed by atoms with Crippen molar-refractivity contribution in [1.29, 1.82) is 5.26 Å². The third-order valence-corrected chi connectivity index (χ3v) is 0.634. The molecule has 0 fully saturated rings. The summed E-state index contributed by atoms with van der Waals surface area (Å²) in [5.74, 6) is 0. The number of nitrogens with zero attached hydrogens (tertiary/aromatic N) is 1. The van der Waals surface area contributed by atoms with Gasteiger partial charge in [-0.2, -0.15) is 5.26 Å². The number of nitriles is 1. The van der Waals surface area contributed by atoms with Crippen LogP contribution in [0.1, 0.15) is 0 Å². The molecular weight excluding hydrogens is 118 g/mol. The zero-order chi connectivity index (χ0) is 7.28. The number of carbonyl (C=O) groups is 1. The van der Waals surface area contributed by atoms with Gasteiger partial charge in [-0.15, -0.1) is 0 Å². The van der Waals surface area contributed by atoms with E-state index in [0.29, 0.717) is 0 Å². The van der Waals surface area contributed by atoms with Gasteiger partial charge in [0.15, 0.2) is 0 Å². The van der Waals surface area contributed by atoms with Gasteiger partial charge in [0.25, 0.3) is 0 Å². The van der Waals surface area contributed by atoms with E-state index in [-0.39, 0.29) is 12.1 Å². The Bertz CT molecular complexity index is 168. The second kappa shape index (κ2) is 3.50. The average molecular weight is 125 g/mol. The number of hydrogen-bond acceptors (Lipinski definition) is 2. The van der Waals surface area contributed by atoms with Gasteiger partial charge in [-0.3, -0.25) is 0 Å². The van der Waals surface area contributed by atoms with Crippen molar-refractivity contribution in [3.63, 3.8) is 0 Å². The van der Waals surface area contributed by atoms with Crippen molar-refractivity contribution in [2.45, 2.75) is 0 Å². The first-order valence-corrected chi connectivity index (χ1v) is 2.28. The van der Waals surface area contributed by atoms with Crippen LogP contribution in [0.3, 0.4) is 0 Å². The van der Waals surface area contributed by atoms with Crippen LogP contribution in [0.4, 0.5) is 4.79 Å². The Morgan fingerprint density at radius 3 is 2.78 bits per heavy atom. The van der Waals surface area contributed by atoms with Gasteiger partial charge < -0.3 is 11.1 Å². The molecule has 0 aliphatic rings. The van der Waals surface area contributed by atoms with Crippen molar-refractivity contribution in [3.8, 4) is 6.07 Å². The molecule has 0 aromatic heterocycles. The van der Waals surface area contributed by atoms with Crippen molar-refractivity contribution in [1.82, 2.24) is 5.32 Å². The topological polar surface area (TPSA) is 78.9 Å². The van der Waals surface area contributed by atoms with Crippen LogP contribution in [0.15, 0.2) is 12.2 Å². The summed E-state index contributed by atoms with van der Waals surface area (Å²) in [4.78, 5) is 9.98. The fourth-order valence-electron chi connectivity index (χ4n) is 0.233. The molecular formula is C5H7N3O. The summed E-state index contributed by atoms with van der Waals surface area (Å²) >= 11 is 0. The van der Waals surface area contributed by atoms with Crippen LogP contribution in [0.5, 0.6) is 0 Å². The summed E-state index contributed by atoms with van der Waals surface area (Å²) in [6.45, 7) is 3.44. The Morgan fingerprint density at radius 1 is 1.89 bits per heavy atom. The quantitative estimate of drug-likeness (QED) is 0.498. The van der Waals surface area contributed by atoms with E-state index >= 15 is 0 Å². The molecule has 0 unspecified atom stereocenters. The summed E-state index contributed by atoms with van der Waals surface area (Å²) in [6.07, 6.45) is 0. The Kier molecular flexibility index (Phi) is 2.91. The lowest BCUT2D eigenvalue weighted by Crippen LogP contribution is -2.30. The SMILES string of the molecule is C=C(C#N)CNC(N)=O. The first-order chi connectivity index (χ1) is 4.16. The molecule has 0 rings (SSSR count). The first kappa shape index (κ1) is 7.50. The van der Waals surface area contributed by atoms with Crippen LogP contribution >= 0.6 is 0 Å². The highest BCUT2D eigenvalue weighted by molar-refractivity contribution is 5.71. The van der Waals surface area contributed by atoms with Gasteiger partial charge in [-0.25, -0.2) is 4.79 Å². The van der Waals surface area contributed by atoms with Crippen LogP contribution in [-0.4, -0.2) is 12.6 Å². The molecule has 9 heavy (non-hydrogen) atoms. The number of carbonyl (C=O) groups excluding carboxylic acids is 1. The second-order valence-corrected chi connectivity index (χ2v) is 1.43. The third-order valence-electron chi connectivity index (χ3n) is 0.634. The molecule has 0 aliphatic carbocycles. The van der Waals surface area contributed by atoms with E-state index in [9.17, 15) is 4.79 Å². The van der Waals surface area contributed by atoms with Crippen molar-refractivity contribution in [2.75, 3.05) is 6.54 Å². The van der Waals surface area contributed by atoms with E-state index in [1.807, 2.05) is 0 Å². The van der Waals surface area contributed by atoms with Crippen LogP contribution in [0.25, 0.3) is 0 Å². The molecule has 4 heteroatoms. The molecule has 4 nitrogen and oxygen atoms in total. The highest BCUT2D eigenvalue weighted by atomic mass is 16.2. The van der Waals surface area contributed by atoms with Crippen LogP contribution in [-0.2, 0) is 0 Å². The Morgan fingerprint density at radius 2 is 2.44 bits per heavy atom. The molecule has 0 aliphatic heterocycles. The van der Waals surface area contributed by atoms with E-state index in [4.69, 9.17) is 11.0 Å². The molecule has 0 spiro atoms. The van der Waals surface area contributed by atoms with E-state index in [1.165, 1.54) is 0 Å². The second-order valence-electron chi connectivity index (χ2n) is 1.43. The first-order valence-electron chi connectivity index (χ1n) is 2.28. The summed E-state index contributed by atoms with van der Waals surface area (Å²) in [5.41, 5.74) is 4.98. The van der Waals surface area contributed by atoms with Crippen LogP contribution in [0.2, 0.25) is 0 Å². The lowest BCUT2D eigenvalue weighted by Gasteiger charge is -1.95. The number of primary amides is 1. The number of amides is 2. The molecule has 0 radical (unpaired) electrons. The molecule has 0 saturated heterocycles. The summed E-state index contributed by atoms with van der Waals surface area (Å²) in [5, 5.41) is 10.3. The van der Waals surface area contributed by atoms with Gasteiger partial charge in [0.05, 0.1) is 12.6 Å². The van der Waals surface area contributed by atoms with E-state index in [1.54, 1.807) is 6.07 Å². The lowest BCUT2D eigenvalue weighted by atomic mass is 10.3. The zero-order valence-electron chi connectivity index (χ0n) is 4.85. The van der Waals surface area contributed by atoms with Crippen molar-refractivity contribution >= 4 is 6.03 Å². The summed E-state index contributed by atoms with van der Waals surface area (Å²) in [6, 6.07) is 1.11. The number of nitrogens with one attached hydrogen (secondary N) is 1. The third kappa shape index (κ3) is 4.35. The smallest absolute Gasteiger partial charge is 0.312 e. The summed E-state index contributed by atoms with van der Waals surface area (Å²) < 4.78 is 0. The number of nitrogens with two attached hydrogens (primary N) is 1. The van der Waals surface area contributed by atoms with Crippen molar-refractivity contribution in [2.24, 2.45) is 5.73 Å². The van der Waals surface area contributed by atoms with Crippen molar-refractivity contribution in [3.05, 3.63) is 12.2 Å². The average Bonchev–Trinajstić information content (AvgIpc) is 1.83. The van der Waals surface area contributed by atoms with Gasteiger partial charge in [0.2, 0.25) is 0 Å². The van der Waals surface area contributed by atoms with Gasteiger partial charge in [0, 0.05) is 5.57 Å². The lowest BCUT2D eigenvalue weighted by molar-refractivity contribution is 0.250. The predicted molar refractivity (Wildman–Crippen MR) is 32.3 cm³/mol. The minimum atomic E-state index is -0.647. The van der Waals surface area contributed by atoms with Crippen molar-refractivity contribution < 1.29 is 4.79 Å². The number of rotatable bonds is 2. The molecule has 48 valence electrons. The maximum atomic E-state index is 9.98. The van der Waals surface area contributed by atoms with E-state index in [0.717, 1.165) is 0 Å². The number of urea groups is 1. The fraction of sp³-hybridized carbons (Fsp3) is 0.200. The zero-order valence-corrected chi connectivity index (χ0v) is 4.85. The van der Waals surface area contributed by atoms with Gasteiger partial charge >= 0.3 is 6.03 Å². The molecule has 0 heterocycles. The van der Waals surface area contributed by atoms with E-state index < -0.39 is 6.03 Å². The maximum Gasteiger partial charge on any atom is 0.312 e. The Balaban J connectivity index is 3.43. The standard InChI is InChI=1S/C5H7N3O/c1-4(2-6)3-8-5(7)9/h1,3H2,(H3,7,8,9). The number of hydrogen-bond donors (Lipinski definition) is 2. The molecule has 0 atom stereocenters. The minimum absolute atomic E-state index is 0.131. The minimum Gasteiger partial charge on any atom is -0.352 e. The maximum absolute atomic E-state index is 9.98. The fourth-order valence-corrected chi connectivity index (χ4v) is 0.233. The molecule has 0 bridgehead atoms. The Labute approximate surface area is 53.0 Å². The van der Waals surface area contributed by atoms with Gasteiger partial charge in [-0.1, -0.05) is 6.58 Å². The highest BCUT2D eigenvalue weighted by Gasteiger charge is 1.91. The molecule has 0 aromatic rings. The normalized spacial score (nSPS) is 7.44. The molecule has 2 amide bonds. The van der Waals surface area contributed by atoms with Crippen LogP contribution in [0, 0.1) is 11.3 Å². The summed E-state index contributed by atoms with van der Waals surface area (Å²) in [7, 11) is 0. The largest absolute Gasteiger partial charge is 0.352 e. The highest BCUT2D eigenvalue weighted by Crippen LogP contribution is 1.79. The molecule has 0 saturated carbocycles. The monoisotopic (exact) mass is 125 g/mol. The molecule has 3 N–H and O–H groups in total. The predicted octanol–water partition coefficient (Wildman–Crippen LogP) is -0.266. The molecule has 0 aromatic carbocycles. The Hall–Kier alpha value is -1.50. The van der Waals surface area contributed by atoms with E-state index in [2.05, 4.69) is 11.9 Å².